The first-order valence-electron chi connectivity index (χ1n) is 10.3. The molecule has 176 valence electrons. The highest BCUT2D eigenvalue weighted by molar-refractivity contribution is 5.96. The van der Waals surface area contributed by atoms with Crippen molar-refractivity contribution < 1.29 is 27.8 Å². The summed E-state index contributed by atoms with van der Waals surface area (Å²) < 4.78 is 43.6. The first-order chi connectivity index (χ1) is 16.1. The highest BCUT2D eigenvalue weighted by atomic mass is 19.2. The topological polar surface area (TPSA) is 107 Å². The molecule has 2 aromatic carbocycles. The van der Waals surface area contributed by atoms with E-state index in [1.54, 1.807) is 36.4 Å². The van der Waals surface area contributed by atoms with E-state index in [9.17, 15) is 19.2 Å². The summed E-state index contributed by atoms with van der Waals surface area (Å²) in [6.45, 7) is 0.895. The molecule has 1 aliphatic rings. The Morgan fingerprint density at radius 3 is 2.18 bits per heavy atom. The number of alkyl halides is 2. The Morgan fingerprint density at radius 2 is 1.59 bits per heavy atom. The number of H-pyrrole nitrogens is 1. The molecule has 8 nitrogen and oxygen atoms in total. The van der Waals surface area contributed by atoms with Gasteiger partial charge < -0.3 is 9.47 Å². The number of carbonyl (C=O) groups excluding carboxylic acids is 2. The van der Waals surface area contributed by atoms with Crippen LogP contribution in [0.5, 0.6) is 0 Å². The quantitative estimate of drug-likeness (QED) is 0.439. The van der Waals surface area contributed by atoms with Gasteiger partial charge in [0, 0.05) is 17.8 Å². The van der Waals surface area contributed by atoms with Crippen LogP contribution in [0.1, 0.15) is 40.3 Å². The van der Waals surface area contributed by atoms with Crippen molar-refractivity contribution in [2.75, 3.05) is 0 Å². The molecule has 0 spiro atoms. The van der Waals surface area contributed by atoms with Crippen LogP contribution in [-0.4, -0.2) is 38.9 Å². The molecule has 34 heavy (non-hydrogen) atoms. The van der Waals surface area contributed by atoms with E-state index in [1.165, 1.54) is 24.3 Å². The maximum absolute atomic E-state index is 16.3. The molecule has 1 fully saturated rings. The number of halogens is 2. The van der Waals surface area contributed by atoms with Crippen LogP contribution < -0.4 is 11.2 Å². The van der Waals surface area contributed by atoms with E-state index in [2.05, 4.69) is 0 Å². The maximum atomic E-state index is 16.3. The molecular weight excluding hydrogens is 450 g/mol. The van der Waals surface area contributed by atoms with Gasteiger partial charge in [-0.1, -0.05) is 48.5 Å². The molecule has 1 aromatic heterocycles. The van der Waals surface area contributed by atoms with Crippen molar-refractivity contribution in [1.82, 2.24) is 9.55 Å². The Labute approximate surface area is 191 Å². The number of aromatic amines is 1. The van der Waals surface area contributed by atoms with Crippen LogP contribution in [-0.2, 0) is 9.47 Å². The predicted molar refractivity (Wildman–Crippen MR) is 116 cm³/mol. The second kappa shape index (κ2) is 8.79. The number of hydrogen-bond acceptors (Lipinski definition) is 6. The zero-order chi connectivity index (χ0) is 24.5. The van der Waals surface area contributed by atoms with E-state index in [1.807, 2.05) is 4.98 Å². The van der Waals surface area contributed by atoms with Crippen molar-refractivity contribution >= 4 is 11.8 Å². The number of ether oxygens (including phenoxy) is 2. The van der Waals surface area contributed by atoms with Crippen molar-refractivity contribution in [3.63, 3.8) is 0 Å². The van der Waals surface area contributed by atoms with Gasteiger partial charge in [-0.25, -0.2) is 18.4 Å². The first-order valence-corrected chi connectivity index (χ1v) is 10.3. The second-order valence-corrected chi connectivity index (χ2v) is 8.04. The molecule has 0 amide bonds. The van der Waals surface area contributed by atoms with Crippen LogP contribution in [0.25, 0.3) is 0 Å². The summed E-state index contributed by atoms with van der Waals surface area (Å²) in [5.74, 6) is -4.89. The molecule has 0 radical (unpaired) electrons. The number of Topliss-reactive ketones (excluding diaryl/α,β-unsaturated/α-hetero) is 1. The summed E-state index contributed by atoms with van der Waals surface area (Å²) in [6, 6.07) is 16.2. The maximum Gasteiger partial charge on any atom is 0.338 e. The zero-order valence-corrected chi connectivity index (χ0v) is 17.9. The zero-order valence-electron chi connectivity index (χ0n) is 17.9. The third-order valence-corrected chi connectivity index (χ3v) is 5.53. The summed E-state index contributed by atoms with van der Waals surface area (Å²) in [7, 11) is 0. The number of hydrogen-bond donors (Lipinski definition) is 1. The van der Waals surface area contributed by atoms with E-state index < -0.39 is 53.3 Å². The van der Waals surface area contributed by atoms with Gasteiger partial charge in [-0.2, -0.15) is 0 Å². The van der Waals surface area contributed by atoms with Gasteiger partial charge in [0.2, 0.25) is 0 Å². The number of rotatable bonds is 6. The Bertz CT molecular complexity index is 1320. The summed E-state index contributed by atoms with van der Waals surface area (Å²) >= 11 is 0. The lowest BCUT2D eigenvalue weighted by Gasteiger charge is -2.29. The smallest absolute Gasteiger partial charge is 0.338 e. The average molecular weight is 470 g/mol. The van der Waals surface area contributed by atoms with Crippen molar-refractivity contribution in [3.05, 3.63) is 105 Å². The number of carbonyl (C=O) groups is 2. The summed E-state index contributed by atoms with van der Waals surface area (Å²) in [6.07, 6.45) is -4.22. The van der Waals surface area contributed by atoms with Crippen LogP contribution >= 0.6 is 0 Å². The van der Waals surface area contributed by atoms with Gasteiger partial charge in [0.15, 0.2) is 23.8 Å². The van der Waals surface area contributed by atoms with Gasteiger partial charge in [0.1, 0.15) is 0 Å². The Balaban J connectivity index is 1.74. The number of nitrogens with one attached hydrogen (secondary N) is 1. The minimum atomic E-state index is -3.12. The normalized spacial score (nSPS) is 26.2. The van der Waals surface area contributed by atoms with Gasteiger partial charge >= 0.3 is 11.7 Å². The molecule has 1 N–H and O–H groups in total. The highest BCUT2D eigenvalue weighted by Crippen LogP contribution is 2.50. The van der Waals surface area contributed by atoms with Crippen LogP contribution in [0.3, 0.4) is 0 Å². The lowest BCUT2D eigenvalue weighted by Crippen LogP contribution is -2.49. The first kappa shape index (κ1) is 23.2. The van der Waals surface area contributed by atoms with Crippen molar-refractivity contribution in [2.24, 2.45) is 0 Å². The molecule has 4 atom stereocenters. The number of esters is 1. The fourth-order valence-corrected chi connectivity index (χ4v) is 3.89. The van der Waals surface area contributed by atoms with Gasteiger partial charge in [-0.3, -0.25) is 19.1 Å². The molecule has 0 bridgehead atoms. The van der Waals surface area contributed by atoms with E-state index in [-0.39, 0.29) is 11.1 Å². The molecule has 0 saturated carbocycles. The second-order valence-electron chi connectivity index (χ2n) is 8.04. The summed E-state index contributed by atoms with van der Waals surface area (Å²) in [5.41, 5.74) is -4.45. The number of ketones is 1. The minimum absolute atomic E-state index is 0.0275. The Kier molecular flexibility index (Phi) is 6.01. The van der Waals surface area contributed by atoms with Crippen LogP contribution in [0, 0.1) is 0 Å². The SMILES string of the molecule is C[C@]1(F)[C@H](n2ccc(=O)[nH]c2=O)O[C@@](F)(CC(=O)c2ccccc2)[C@H]1OC(=O)c1ccccc1. The molecule has 10 heteroatoms. The fourth-order valence-electron chi connectivity index (χ4n) is 3.89. The lowest BCUT2D eigenvalue weighted by atomic mass is 9.92. The Morgan fingerprint density at radius 1 is 1.00 bits per heavy atom. The third kappa shape index (κ3) is 4.32. The van der Waals surface area contributed by atoms with E-state index in [4.69, 9.17) is 9.47 Å². The van der Waals surface area contributed by atoms with Crippen LogP contribution in [0.2, 0.25) is 0 Å². The molecular formula is C24H20F2N2O6. The van der Waals surface area contributed by atoms with Crippen LogP contribution in [0.4, 0.5) is 8.78 Å². The van der Waals surface area contributed by atoms with Gasteiger partial charge in [0.25, 0.3) is 11.4 Å². The summed E-state index contributed by atoms with van der Waals surface area (Å²) in [4.78, 5) is 51.1. The fraction of sp³-hybridized carbons (Fsp3) is 0.250. The van der Waals surface area contributed by atoms with E-state index in [0.717, 1.165) is 19.2 Å². The van der Waals surface area contributed by atoms with Crippen molar-refractivity contribution in [3.8, 4) is 0 Å². The van der Waals surface area contributed by atoms with E-state index in [0.29, 0.717) is 4.57 Å². The molecule has 2 heterocycles. The van der Waals surface area contributed by atoms with Crippen molar-refractivity contribution in [1.29, 1.82) is 0 Å². The average Bonchev–Trinajstić information content (AvgIpc) is 3.00. The molecule has 4 rings (SSSR count). The molecule has 0 aliphatic carbocycles. The summed E-state index contributed by atoms with van der Waals surface area (Å²) in [5, 5.41) is 0. The van der Waals surface area contributed by atoms with Gasteiger partial charge in [-0.05, 0) is 19.1 Å². The predicted octanol–water partition coefficient (Wildman–Crippen LogP) is 2.96. The minimum Gasteiger partial charge on any atom is -0.449 e. The molecule has 0 unspecified atom stereocenters. The monoisotopic (exact) mass is 470 g/mol. The standard InChI is InChI=1S/C24H20F2N2O6/c1-23(25)20(33-19(31)16-10-6-3-7-11-16)24(26,14-17(29)15-8-4-2-5-9-15)34-21(23)28-13-12-18(30)27-22(28)32/h2-13,20-21H,14H2,1H3,(H,27,30,32)/t20-,21+,23+,24-/m0/s1. The number of nitrogens with zero attached hydrogens (tertiary/aromatic N) is 1. The third-order valence-electron chi connectivity index (χ3n) is 5.53. The van der Waals surface area contributed by atoms with E-state index >= 15 is 8.78 Å². The molecule has 1 saturated heterocycles. The van der Waals surface area contributed by atoms with Crippen molar-refractivity contribution in [2.45, 2.75) is 37.2 Å². The van der Waals surface area contributed by atoms with Crippen LogP contribution in [0.15, 0.2) is 82.5 Å². The van der Waals surface area contributed by atoms with Gasteiger partial charge in [-0.15, -0.1) is 0 Å². The lowest BCUT2D eigenvalue weighted by molar-refractivity contribution is -0.185. The largest absolute Gasteiger partial charge is 0.449 e. The molecule has 1 aliphatic heterocycles. The highest BCUT2D eigenvalue weighted by Gasteiger charge is 2.67. The molecule has 3 aromatic rings. The number of benzene rings is 2. The van der Waals surface area contributed by atoms with Gasteiger partial charge in [0.05, 0.1) is 12.0 Å². The number of aromatic nitrogens is 2. The Hall–Kier alpha value is -3.92.